The second-order valence-corrected chi connectivity index (χ2v) is 5.47. The van der Waals surface area contributed by atoms with Crippen molar-refractivity contribution in [1.82, 2.24) is 4.98 Å². The van der Waals surface area contributed by atoms with E-state index in [0.717, 1.165) is 12.1 Å². The van der Waals surface area contributed by atoms with Crippen LogP contribution in [0.1, 0.15) is 10.4 Å². The highest BCUT2D eigenvalue weighted by atomic mass is 35.5. The van der Waals surface area contributed by atoms with E-state index >= 15 is 0 Å². The van der Waals surface area contributed by atoms with Crippen molar-refractivity contribution in [3.8, 4) is 5.75 Å². The van der Waals surface area contributed by atoms with Crippen LogP contribution in [0.5, 0.6) is 5.75 Å². The van der Waals surface area contributed by atoms with Crippen molar-refractivity contribution in [2.45, 2.75) is 6.36 Å². The smallest absolute Gasteiger partial charge is 0.452 e. The summed E-state index contributed by atoms with van der Waals surface area (Å²) >= 11 is 11.3. The molecule has 2 rings (SSSR count). The summed E-state index contributed by atoms with van der Waals surface area (Å²) in [5.74, 6) is -1.98. The van der Waals surface area contributed by atoms with Gasteiger partial charge >= 0.3 is 12.3 Å². The summed E-state index contributed by atoms with van der Waals surface area (Å²) in [7, 11) is 0. The number of anilines is 1. The van der Waals surface area contributed by atoms with Crippen LogP contribution in [0, 0.1) is 0 Å². The van der Waals surface area contributed by atoms with E-state index in [1.54, 1.807) is 0 Å². The van der Waals surface area contributed by atoms with E-state index in [0.29, 0.717) is 0 Å². The molecule has 6 nitrogen and oxygen atoms in total. The van der Waals surface area contributed by atoms with Crippen molar-refractivity contribution in [1.29, 1.82) is 0 Å². The van der Waals surface area contributed by atoms with Crippen LogP contribution in [0.4, 0.5) is 18.9 Å². The topological polar surface area (TPSA) is 77.5 Å². The SMILES string of the molecule is O=C(COC(=O)c1cc(Cl)nc(Cl)c1)Nc1ccc(OC(F)(F)F)cc1. The molecule has 0 atom stereocenters. The third-order valence-electron chi connectivity index (χ3n) is 2.70. The Morgan fingerprint density at radius 1 is 1.08 bits per heavy atom. The molecule has 0 bridgehead atoms. The van der Waals surface area contributed by atoms with Gasteiger partial charge in [-0.3, -0.25) is 4.79 Å². The molecule has 1 heterocycles. The van der Waals surface area contributed by atoms with Gasteiger partial charge in [-0.2, -0.15) is 0 Å². The highest BCUT2D eigenvalue weighted by Gasteiger charge is 2.30. The van der Waals surface area contributed by atoms with Crippen molar-refractivity contribution in [3.05, 3.63) is 52.3 Å². The number of ether oxygens (including phenoxy) is 2. The molecule has 1 aromatic carbocycles. The fourth-order valence-corrected chi connectivity index (χ4v) is 2.19. The van der Waals surface area contributed by atoms with Crippen molar-refractivity contribution in [2.24, 2.45) is 0 Å². The minimum Gasteiger partial charge on any atom is -0.452 e. The molecular weight excluding hydrogens is 400 g/mol. The molecule has 1 N–H and O–H groups in total. The van der Waals surface area contributed by atoms with Crippen molar-refractivity contribution in [2.75, 3.05) is 11.9 Å². The number of halogens is 5. The van der Waals surface area contributed by atoms with Crippen LogP contribution in [-0.4, -0.2) is 29.8 Å². The Kier molecular flexibility index (Phi) is 6.27. The van der Waals surface area contributed by atoms with E-state index in [4.69, 9.17) is 27.9 Å². The zero-order valence-corrected chi connectivity index (χ0v) is 14.2. The first-order valence-electron chi connectivity index (χ1n) is 6.78. The fraction of sp³-hybridized carbons (Fsp3) is 0.133. The van der Waals surface area contributed by atoms with E-state index < -0.39 is 30.6 Å². The lowest BCUT2D eigenvalue weighted by atomic mass is 10.3. The van der Waals surface area contributed by atoms with Gasteiger partial charge in [0.25, 0.3) is 5.91 Å². The third kappa shape index (κ3) is 6.41. The van der Waals surface area contributed by atoms with E-state index in [-0.39, 0.29) is 21.6 Å². The van der Waals surface area contributed by atoms with Gasteiger partial charge in [-0.25, -0.2) is 9.78 Å². The summed E-state index contributed by atoms with van der Waals surface area (Å²) in [5, 5.41) is 2.31. The number of alkyl halides is 3. The molecule has 0 saturated heterocycles. The standard InChI is InChI=1S/C15H9Cl2F3N2O4/c16-11-5-8(6-12(17)22-11)14(24)25-7-13(23)21-9-1-3-10(4-2-9)26-15(18,19)20/h1-6H,7H2,(H,21,23). The molecule has 1 aromatic heterocycles. The highest BCUT2D eigenvalue weighted by Crippen LogP contribution is 2.24. The Hall–Kier alpha value is -2.52. The Balaban J connectivity index is 1.87. The number of hydrogen-bond donors (Lipinski definition) is 1. The number of hydrogen-bond acceptors (Lipinski definition) is 5. The predicted octanol–water partition coefficient (Wildman–Crippen LogP) is 4.08. The first-order chi connectivity index (χ1) is 12.1. The molecule has 0 aliphatic heterocycles. The van der Waals surface area contributed by atoms with Crippen LogP contribution in [0.2, 0.25) is 10.3 Å². The van der Waals surface area contributed by atoms with Crippen LogP contribution in [-0.2, 0) is 9.53 Å². The highest BCUT2D eigenvalue weighted by molar-refractivity contribution is 6.32. The van der Waals surface area contributed by atoms with Gasteiger partial charge in [0, 0.05) is 5.69 Å². The van der Waals surface area contributed by atoms with Gasteiger partial charge in [0.2, 0.25) is 0 Å². The van der Waals surface area contributed by atoms with Gasteiger partial charge in [0.05, 0.1) is 5.56 Å². The first-order valence-corrected chi connectivity index (χ1v) is 7.54. The number of carbonyl (C=O) groups excluding carboxylic acids is 2. The number of carbonyl (C=O) groups is 2. The minimum atomic E-state index is -4.81. The van der Waals surface area contributed by atoms with Gasteiger partial charge in [0.1, 0.15) is 16.1 Å². The number of aromatic nitrogens is 1. The second-order valence-electron chi connectivity index (χ2n) is 4.70. The predicted molar refractivity (Wildman–Crippen MR) is 86.3 cm³/mol. The second kappa shape index (κ2) is 8.24. The fourth-order valence-electron chi connectivity index (χ4n) is 1.73. The quantitative estimate of drug-likeness (QED) is 0.595. The van der Waals surface area contributed by atoms with E-state index in [9.17, 15) is 22.8 Å². The maximum Gasteiger partial charge on any atom is 0.573 e. The van der Waals surface area contributed by atoms with Crippen LogP contribution < -0.4 is 10.1 Å². The number of benzene rings is 1. The molecule has 1 amide bonds. The van der Waals surface area contributed by atoms with Crippen molar-refractivity contribution >= 4 is 40.8 Å². The lowest BCUT2D eigenvalue weighted by Gasteiger charge is -2.10. The molecule has 11 heteroatoms. The molecule has 0 aliphatic carbocycles. The normalized spacial score (nSPS) is 11.0. The zero-order chi connectivity index (χ0) is 19.3. The molecule has 0 saturated carbocycles. The van der Waals surface area contributed by atoms with Crippen LogP contribution in [0.3, 0.4) is 0 Å². The molecule has 2 aromatic rings. The van der Waals surface area contributed by atoms with E-state index in [1.807, 2.05) is 0 Å². The number of nitrogens with zero attached hydrogens (tertiary/aromatic N) is 1. The summed E-state index contributed by atoms with van der Waals surface area (Å²) in [5.41, 5.74) is 0.201. The number of pyridine rings is 1. The van der Waals surface area contributed by atoms with Crippen molar-refractivity contribution < 1.29 is 32.2 Å². The summed E-state index contributed by atoms with van der Waals surface area (Å²) < 4.78 is 44.7. The Morgan fingerprint density at radius 3 is 2.19 bits per heavy atom. The summed E-state index contributed by atoms with van der Waals surface area (Å²) in [6.07, 6.45) is -4.81. The lowest BCUT2D eigenvalue weighted by molar-refractivity contribution is -0.274. The first kappa shape index (κ1) is 19.8. The van der Waals surface area contributed by atoms with E-state index in [1.165, 1.54) is 24.3 Å². The third-order valence-corrected chi connectivity index (χ3v) is 3.09. The van der Waals surface area contributed by atoms with Crippen LogP contribution in [0.25, 0.3) is 0 Å². The Morgan fingerprint density at radius 2 is 1.65 bits per heavy atom. The molecule has 138 valence electrons. The Bertz CT molecular complexity index is 793. The number of nitrogens with one attached hydrogen (secondary N) is 1. The molecule has 26 heavy (non-hydrogen) atoms. The van der Waals surface area contributed by atoms with Gasteiger partial charge in [-0.1, -0.05) is 23.2 Å². The summed E-state index contributed by atoms with van der Waals surface area (Å²) in [4.78, 5) is 27.2. The molecule has 0 fully saturated rings. The molecule has 0 unspecified atom stereocenters. The number of amides is 1. The number of esters is 1. The van der Waals surface area contributed by atoms with E-state index in [2.05, 4.69) is 15.0 Å². The molecule has 0 aliphatic rings. The average molecular weight is 409 g/mol. The maximum atomic E-state index is 12.1. The van der Waals surface area contributed by atoms with Crippen LogP contribution >= 0.6 is 23.2 Å². The van der Waals surface area contributed by atoms with Gasteiger partial charge in [-0.15, -0.1) is 13.2 Å². The monoisotopic (exact) mass is 408 g/mol. The molecular formula is C15H9Cl2F3N2O4. The maximum absolute atomic E-state index is 12.1. The average Bonchev–Trinajstić information content (AvgIpc) is 2.52. The summed E-state index contributed by atoms with van der Waals surface area (Å²) in [6, 6.07) is 6.87. The lowest BCUT2D eigenvalue weighted by Crippen LogP contribution is -2.21. The molecule has 0 radical (unpaired) electrons. The largest absolute Gasteiger partial charge is 0.573 e. The summed E-state index contributed by atoms with van der Waals surface area (Å²) in [6.45, 7) is -0.628. The Labute approximate surface area is 154 Å². The van der Waals surface area contributed by atoms with Gasteiger partial charge in [-0.05, 0) is 36.4 Å². The van der Waals surface area contributed by atoms with Gasteiger partial charge < -0.3 is 14.8 Å². The molecule has 0 spiro atoms. The number of rotatable bonds is 5. The van der Waals surface area contributed by atoms with Gasteiger partial charge in [0.15, 0.2) is 6.61 Å². The minimum absolute atomic E-state index is 0.0106. The van der Waals surface area contributed by atoms with Crippen molar-refractivity contribution in [3.63, 3.8) is 0 Å². The zero-order valence-electron chi connectivity index (χ0n) is 12.6. The van der Waals surface area contributed by atoms with Crippen LogP contribution in [0.15, 0.2) is 36.4 Å².